The van der Waals surface area contributed by atoms with E-state index in [1.54, 1.807) is 18.2 Å². The molecule has 0 saturated carbocycles. The molecule has 0 bridgehead atoms. The first-order chi connectivity index (χ1) is 9.19. The number of amides is 1. The number of nitrogens with zero attached hydrogens (tertiary/aromatic N) is 2. The molecular formula is C14H15N3O2. The van der Waals surface area contributed by atoms with Crippen LogP contribution in [0.25, 0.3) is 0 Å². The Morgan fingerprint density at radius 2 is 2.00 bits per heavy atom. The molecule has 19 heavy (non-hydrogen) atoms. The van der Waals surface area contributed by atoms with Crippen LogP contribution in [0.3, 0.4) is 0 Å². The first kappa shape index (κ1) is 13.0. The zero-order valence-electron chi connectivity index (χ0n) is 10.9. The molecule has 0 saturated heterocycles. The van der Waals surface area contributed by atoms with Crippen LogP contribution < -0.4 is 10.1 Å². The Morgan fingerprint density at radius 3 is 2.63 bits per heavy atom. The van der Waals surface area contributed by atoms with Crippen LogP contribution in [0.2, 0.25) is 0 Å². The lowest BCUT2D eigenvalue weighted by atomic mass is 10.2. The molecule has 2 aromatic rings. The molecular weight excluding hydrogens is 242 g/mol. The largest absolute Gasteiger partial charge is 0.494 e. The molecule has 0 fully saturated rings. The van der Waals surface area contributed by atoms with E-state index in [4.69, 9.17) is 4.74 Å². The minimum absolute atomic E-state index is 0.255. The molecule has 0 unspecified atom stereocenters. The Balaban J connectivity index is 2.06. The quantitative estimate of drug-likeness (QED) is 0.913. The molecule has 1 aromatic heterocycles. The molecule has 5 heteroatoms. The summed E-state index contributed by atoms with van der Waals surface area (Å²) in [4.78, 5) is 19.8. The van der Waals surface area contributed by atoms with Crippen LogP contribution in [0.1, 0.15) is 23.1 Å². The molecule has 0 aliphatic carbocycles. The first-order valence-corrected chi connectivity index (χ1v) is 6.02. The van der Waals surface area contributed by atoms with Gasteiger partial charge in [-0.2, -0.15) is 0 Å². The number of hydrogen-bond donors (Lipinski definition) is 1. The molecule has 0 aliphatic rings. The monoisotopic (exact) mass is 257 g/mol. The molecule has 0 aliphatic heterocycles. The van der Waals surface area contributed by atoms with Crippen LogP contribution in [0.5, 0.6) is 5.75 Å². The van der Waals surface area contributed by atoms with Crippen molar-refractivity contribution in [2.24, 2.45) is 0 Å². The highest BCUT2D eigenvalue weighted by atomic mass is 16.5. The Labute approximate surface area is 111 Å². The van der Waals surface area contributed by atoms with Crippen LogP contribution in [0, 0.1) is 6.92 Å². The molecule has 2 rings (SSSR count). The number of aryl methyl sites for hydroxylation is 1. The van der Waals surface area contributed by atoms with E-state index in [1.165, 1.54) is 6.33 Å². The van der Waals surface area contributed by atoms with Gasteiger partial charge in [-0.15, -0.1) is 0 Å². The summed E-state index contributed by atoms with van der Waals surface area (Å²) in [5.41, 5.74) is 1.80. The van der Waals surface area contributed by atoms with Gasteiger partial charge in [0.15, 0.2) is 0 Å². The first-order valence-electron chi connectivity index (χ1n) is 6.02. The van der Waals surface area contributed by atoms with E-state index in [2.05, 4.69) is 15.3 Å². The lowest BCUT2D eigenvalue weighted by Gasteiger charge is -2.06. The standard InChI is InChI=1S/C14H15N3O2/c1-3-19-12-6-4-11(5-7-12)17-14(18)13-8-10(2)15-9-16-13/h4-9H,3H2,1-2H3,(H,17,18). The second kappa shape index (κ2) is 5.95. The van der Waals surface area contributed by atoms with Crippen LogP contribution in [-0.4, -0.2) is 22.5 Å². The SMILES string of the molecule is CCOc1ccc(NC(=O)c2cc(C)ncn2)cc1. The zero-order valence-corrected chi connectivity index (χ0v) is 10.9. The van der Waals surface area contributed by atoms with Crippen molar-refractivity contribution in [1.82, 2.24) is 9.97 Å². The molecule has 0 atom stereocenters. The number of rotatable bonds is 4. The summed E-state index contributed by atoms with van der Waals surface area (Å²) in [7, 11) is 0. The minimum Gasteiger partial charge on any atom is -0.494 e. The predicted molar refractivity (Wildman–Crippen MR) is 72.3 cm³/mol. The number of hydrogen-bond acceptors (Lipinski definition) is 4. The lowest BCUT2D eigenvalue weighted by molar-refractivity contribution is 0.102. The predicted octanol–water partition coefficient (Wildman–Crippen LogP) is 2.44. The van der Waals surface area contributed by atoms with Gasteiger partial charge in [-0.25, -0.2) is 9.97 Å². The van der Waals surface area contributed by atoms with Gasteiger partial charge in [0.2, 0.25) is 0 Å². The van der Waals surface area contributed by atoms with E-state index in [-0.39, 0.29) is 5.91 Å². The Kier molecular flexibility index (Phi) is 4.07. The Hall–Kier alpha value is -2.43. The van der Waals surface area contributed by atoms with Gasteiger partial charge in [0.1, 0.15) is 17.8 Å². The molecule has 0 radical (unpaired) electrons. The van der Waals surface area contributed by atoms with Gasteiger partial charge < -0.3 is 10.1 Å². The molecule has 98 valence electrons. The third kappa shape index (κ3) is 3.51. The average Bonchev–Trinajstić information content (AvgIpc) is 2.41. The summed E-state index contributed by atoms with van der Waals surface area (Å²) in [6, 6.07) is 8.84. The number of ether oxygens (including phenoxy) is 1. The maximum atomic E-state index is 11.9. The van der Waals surface area contributed by atoms with Crippen LogP contribution in [-0.2, 0) is 0 Å². The van der Waals surface area contributed by atoms with Crippen molar-refractivity contribution in [2.75, 3.05) is 11.9 Å². The molecule has 1 amide bonds. The minimum atomic E-state index is -0.255. The highest BCUT2D eigenvalue weighted by molar-refractivity contribution is 6.02. The number of carbonyl (C=O) groups is 1. The van der Waals surface area contributed by atoms with Gasteiger partial charge in [-0.1, -0.05) is 0 Å². The van der Waals surface area contributed by atoms with E-state index in [0.29, 0.717) is 18.0 Å². The summed E-state index contributed by atoms with van der Waals surface area (Å²) in [5.74, 6) is 0.521. The average molecular weight is 257 g/mol. The zero-order chi connectivity index (χ0) is 13.7. The summed E-state index contributed by atoms with van der Waals surface area (Å²) in [6.45, 7) is 4.36. The molecule has 1 aromatic carbocycles. The number of benzene rings is 1. The highest BCUT2D eigenvalue weighted by Gasteiger charge is 2.08. The van der Waals surface area contributed by atoms with Crippen LogP contribution in [0.4, 0.5) is 5.69 Å². The van der Waals surface area contributed by atoms with Crippen molar-refractivity contribution in [3.8, 4) is 5.75 Å². The van der Waals surface area contributed by atoms with E-state index in [9.17, 15) is 4.79 Å². The van der Waals surface area contributed by atoms with Crippen LogP contribution >= 0.6 is 0 Å². The molecule has 1 heterocycles. The third-order valence-electron chi connectivity index (χ3n) is 2.46. The number of nitrogens with one attached hydrogen (secondary N) is 1. The van der Waals surface area contributed by atoms with Gasteiger partial charge in [-0.3, -0.25) is 4.79 Å². The fourth-order valence-electron chi connectivity index (χ4n) is 1.57. The van der Waals surface area contributed by atoms with Crippen molar-refractivity contribution in [1.29, 1.82) is 0 Å². The maximum Gasteiger partial charge on any atom is 0.274 e. The van der Waals surface area contributed by atoms with E-state index < -0.39 is 0 Å². The number of carbonyl (C=O) groups excluding carboxylic acids is 1. The lowest BCUT2D eigenvalue weighted by Crippen LogP contribution is -2.14. The second-order valence-electron chi connectivity index (χ2n) is 3.96. The van der Waals surface area contributed by atoms with Gasteiger partial charge in [-0.05, 0) is 44.2 Å². The normalized spacial score (nSPS) is 10.0. The van der Waals surface area contributed by atoms with Crippen molar-refractivity contribution < 1.29 is 9.53 Å². The summed E-state index contributed by atoms with van der Waals surface area (Å²) >= 11 is 0. The smallest absolute Gasteiger partial charge is 0.274 e. The van der Waals surface area contributed by atoms with E-state index in [1.807, 2.05) is 26.0 Å². The van der Waals surface area contributed by atoms with Gasteiger partial charge in [0.25, 0.3) is 5.91 Å². The van der Waals surface area contributed by atoms with Gasteiger partial charge in [0, 0.05) is 11.4 Å². The highest BCUT2D eigenvalue weighted by Crippen LogP contribution is 2.16. The second-order valence-corrected chi connectivity index (χ2v) is 3.96. The maximum absolute atomic E-state index is 11.9. The van der Waals surface area contributed by atoms with Gasteiger partial charge in [0.05, 0.1) is 6.61 Å². The Bertz CT molecular complexity index is 567. The summed E-state index contributed by atoms with van der Waals surface area (Å²) < 4.78 is 5.33. The third-order valence-corrected chi connectivity index (χ3v) is 2.46. The van der Waals surface area contributed by atoms with E-state index in [0.717, 1.165) is 11.4 Å². The molecule has 1 N–H and O–H groups in total. The van der Waals surface area contributed by atoms with Crippen molar-refractivity contribution in [3.05, 3.63) is 48.0 Å². The molecule has 0 spiro atoms. The topological polar surface area (TPSA) is 64.1 Å². The Morgan fingerprint density at radius 1 is 1.26 bits per heavy atom. The van der Waals surface area contributed by atoms with Crippen molar-refractivity contribution in [3.63, 3.8) is 0 Å². The van der Waals surface area contributed by atoms with Crippen molar-refractivity contribution >= 4 is 11.6 Å². The number of aromatic nitrogens is 2. The van der Waals surface area contributed by atoms with Crippen LogP contribution in [0.15, 0.2) is 36.7 Å². The summed E-state index contributed by atoms with van der Waals surface area (Å²) in [5, 5.41) is 2.77. The fourth-order valence-corrected chi connectivity index (χ4v) is 1.57. The summed E-state index contributed by atoms with van der Waals surface area (Å²) in [6.07, 6.45) is 1.38. The fraction of sp³-hybridized carbons (Fsp3) is 0.214. The molecule has 5 nitrogen and oxygen atoms in total. The van der Waals surface area contributed by atoms with Crippen molar-refractivity contribution in [2.45, 2.75) is 13.8 Å². The van der Waals surface area contributed by atoms with Gasteiger partial charge >= 0.3 is 0 Å². The van der Waals surface area contributed by atoms with E-state index >= 15 is 0 Å². The number of anilines is 1.